The van der Waals surface area contributed by atoms with Gasteiger partial charge in [0.25, 0.3) is 0 Å². The lowest BCUT2D eigenvalue weighted by molar-refractivity contribution is 0.724. The van der Waals surface area contributed by atoms with Crippen molar-refractivity contribution < 1.29 is 0 Å². The van der Waals surface area contributed by atoms with E-state index < -0.39 is 0 Å². The third-order valence-corrected chi connectivity index (χ3v) is 3.42. The molecular formula is C15H18N4. The smallest absolute Gasteiger partial charge is 0.0559 e. The molecule has 98 valence electrons. The topological polar surface area (TPSA) is 41.1 Å². The van der Waals surface area contributed by atoms with Crippen molar-refractivity contribution in [3.05, 3.63) is 43.0 Å². The van der Waals surface area contributed by atoms with Gasteiger partial charge in [-0.1, -0.05) is 6.07 Å². The fourth-order valence-electron chi connectivity index (χ4n) is 2.40. The molecule has 3 rings (SSSR count). The monoisotopic (exact) mass is 254 g/mol. The summed E-state index contributed by atoms with van der Waals surface area (Å²) in [6, 6.07) is 6.23. The Balaban J connectivity index is 1.87. The highest BCUT2D eigenvalue weighted by Gasteiger charge is 2.10. The summed E-state index contributed by atoms with van der Waals surface area (Å²) in [5.74, 6) is 0. The molecule has 1 aliphatic rings. The molecule has 3 heterocycles. The van der Waals surface area contributed by atoms with Crippen molar-refractivity contribution in [1.82, 2.24) is 15.3 Å². The predicted octanol–water partition coefficient (Wildman–Crippen LogP) is 1.94. The molecule has 0 aliphatic carbocycles. The summed E-state index contributed by atoms with van der Waals surface area (Å²) < 4.78 is 0. The fourth-order valence-corrected chi connectivity index (χ4v) is 2.40. The lowest BCUT2D eigenvalue weighted by atomic mass is 10.1. The normalized spacial score (nSPS) is 16.1. The van der Waals surface area contributed by atoms with Gasteiger partial charge >= 0.3 is 0 Å². The van der Waals surface area contributed by atoms with Gasteiger partial charge in [0.15, 0.2) is 0 Å². The van der Waals surface area contributed by atoms with Crippen LogP contribution in [0.25, 0.3) is 11.1 Å². The first-order valence-corrected chi connectivity index (χ1v) is 6.74. The third-order valence-electron chi connectivity index (χ3n) is 3.42. The minimum atomic E-state index is 1.04. The van der Waals surface area contributed by atoms with E-state index in [2.05, 4.69) is 32.3 Å². The molecule has 0 unspecified atom stereocenters. The van der Waals surface area contributed by atoms with Crippen LogP contribution >= 0.6 is 0 Å². The van der Waals surface area contributed by atoms with Crippen LogP contribution in [0.15, 0.2) is 43.0 Å². The number of rotatable bonds is 2. The van der Waals surface area contributed by atoms with E-state index in [0.29, 0.717) is 0 Å². The highest BCUT2D eigenvalue weighted by molar-refractivity contribution is 5.66. The zero-order valence-corrected chi connectivity index (χ0v) is 10.9. The first kappa shape index (κ1) is 12.1. The van der Waals surface area contributed by atoms with Crippen LogP contribution in [0.5, 0.6) is 0 Å². The second-order valence-electron chi connectivity index (χ2n) is 4.76. The molecule has 0 amide bonds. The number of pyridine rings is 2. The average molecular weight is 254 g/mol. The Bertz CT molecular complexity index is 519. The molecule has 1 aliphatic heterocycles. The van der Waals surface area contributed by atoms with Gasteiger partial charge in [0, 0.05) is 49.4 Å². The number of hydrogen-bond donors (Lipinski definition) is 1. The van der Waals surface area contributed by atoms with E-state index in [4.69, 9.17) is 0 Å². The van der Waals surface area contributed by atoms with E-state index in [9.17, 15) is 0 Å². The zero-order valence-electron chi connectivity index (χ0n) is 10.9. The number of anilines is 1. The Morgan fingerprint density at radius 2 is 1.95 bits per heavy atom. The summed E-state index contributed by atoms with van der Waals surface area (Å²) >= 11 is 0. The van der Waals surface area contributed by atoms with E-state index in [-0.39, 0.29) is 0 Å². The van der Waals surface area contributed by atoms with E-state index in [1.54, 1.807) is 6.20 Å². The predicted molar refractivity (Wildman–Crippen MR) is 77.2 cm³/mol. The van der Waals surface area contributed by atoms with Gasteiger partial charge in [0.05, 0.1) is 11.9 Å². The Kier molecular flexibility index (Phi) is 3.70. The maximum atomic E-state index is 4.38. The lowest BCUT2D eigenvalue weighted by Crippen LogP contribution is -2.27. The van der Waals surface area contributed by atoms with E-state index >= 15 is 0 Å². The molecule has 0 atom stereocenters. The average Bonchev–Trinajstić information content (AvgIpc) is 2.77. The summed E-state index contributed by atoms with van der Waals surface area (Å²) in [6.07, 6.45) is 8.70. The van der Waals surface area contributed by atoms with Crippen molar-refractivity contribution >= 4 is 5.69 Å². The standard InChI is InChI=1S/C15H18N4/c1-3-13(10-17-4-1)14-9-15(12-18-11-14)19-7-2-5-16-6-8-19/h1,3-4,9-12,16H,2,5-8H2. The van der Waals surface area contributed by atoms with E-state index in [1.165, 1.54) is 12.1 Å². The number of nitrogens with one attached hydrogen (secondary N) is 1. The second kappa shape index (κ2) is 5.80. The van der Waals surface area contributed by atoms with Crippen LogP contribution in [0.4, 0.5) is 5.69 Å². The molecule has 1 N–H and O–H groups in total. The zero-order chi connectivity index (χ0) is 12.9. The molecule has 0 aromatic carbocycles. The Hall–Kier alpha value is -1.94. The van der Waals surface area contributed by atoms with Gasteiger partial charge in [-0.2, -0.15) is 0 Å². The first-order valence-electron chi connectivity index (χ1n) is 6.74. The van der Waals surface area contributed by atoms with Gasteiger partial charge in [0.1, 0.15) is 0 Å². The van der Waals surface area contributed by atoms with Gasteiger partial charge in [-0.15, -0.1) is 0 Å². The van der Waals surface area contributed by atoms with Crippen LogP contribution in [0.3, 0.4) is 0 Å². The minimum Gasteiger partial charge on any atom is -0.369 e. The highest BCUT2D eigenvalue weighted by atomic mass is 15.2. The third kappa shape index (κ3) is 2.90. The molecule has 2 aromatic heterocycles. The molecule has 4 nitrogen and oxygen atoms in total. The number of aromatic nitrogens is 2. The Labute approximate surface area is 113 Å². The second-order valence-corrected chi connectivity index (χ2v) is 4.76. The van der Waals surface area contributed by atoms with Gasteiger partial charge < -0.3 is 10.2 Å². The van der Waals surface area contributed by atoms with Crippen molar-refractivity contribution in [3.8, 4) is 11.1 Å². The molecule has 0 saturated carbocycles. The summed E-state index contributed by atoms with van der Waals surface area (Å²) in [4.78, 5) is 10.9. The maximum Gasteiger partial charge on any atom is 0.0559 e. The van der Waals surface area contributed by atoms with Gasteiger partial charge in [-0.3, -0.25) is 9.97 Å². The SMILES string of the molecule is c1cncc(-c2cncc(N3CCCNCC3)c2)c1. The van der Waals surface area contributed by atoms with Crippen molar-refractivity contribution in [3.63, 3.8) is 0 Å². The molecule has 1 saturated heterocycles. The van der Waals surface area contributed by atoms with E-state index in [0.717, 1.165) is 37.3 Å². The van der Waals surface area contributed by atoms with Crippen LogP contribution in [-0.2, 0) is 0 Å². The first-order chi connectivity index (χ1) is 9.43. The van der Waals surface area contributed by atoms with Crippen LogP contribution in [-0.4, -0.2) is 36.1 Å². The van der Waals surface area contributed by atoms with Crippen LogP contribution in [0.1, 0.15) is 6.42 Å². The van der Waals surface area contributed by atoms with Crippen LogP contribution in [0.2, 0.25) is 0 Å². The lowest BCUT2D eigenvalue weighted by Gasteiger charge is -2.22. The summed E-state index contributed by atoms with van der Waals surface area (Å²) in [5, 5.41) is 3.42. The number of hydrogen-bond acceptors (Lipinski definition) is 4. The van der Waals surface area contributed by atoms with Crippen LogP contribution in [0, 0.1) is 0 Å². The quantitative estimate of drug-likeness (QED) is 0.889. The van der Waals surface area contributed by atoms with Crippen molar-refractivity contribution in [2.75, 3.05) is 31.1 Å². The Morgan fingerprint density at radius 1 is 1.00 bits per heavy atom. The molecule has 1 fully saturated rings. The molecule has 0 spiro atoms. The summed E-state index contributed by atoms with van der Waals surface area (Å²) in [7, 11) is 0. The van der Waals surface area contributed by atoms with E-state index in [1.807, 2.05) is 24.7 Å². The molecule has 0 radical (unpaired) electrons. The largest absolute Gasteiger partial charge is 0.369 e. The summed E-state index contributed by atoms with van der Waals surface area (Å²) in [5.41, 5.74) is 3.44. The van der Waals surface area contributed by atoms with Crippen molar-refractivity contribution in [2.24, 2.45) is 0 Å². The molecule has 19 heavy (non-hydrogen) atoms. The maximum absolute atomic E-state index is 4.38. The number of nitrogens with zero attached hydrogens (tertiary/aromatic N) is 3. The van der Waals surface area contributed by atoms with Crippen molar-refractivity contribution in [1.29, 1.82) is 0 Å². The highest BCUT2D eigenvalue weighted by Crippen LogP contribution is 2.23. The van der Waals surface area contributed by atoms with Gasteiger partial charge in [-0.05, 0) is 25.1 Å². The summed E-state index contributed by atoms with van der Waals surface area (Å²) in [6.45, 7) is 4.27. The molecule has 4 heteroatoms. The van der Waals surface area contributed by atoms with Gasteiger partial charge in [0.2, 0.25) is 0 Å². The molecule has 2 aromatic rings. The van der Waals surface area contributed by atoms with Crippen molar-refractivity contribution in [2.45, 2.75) is 6.42 Å². The molecule has 0 bridgehead atoms. The van der Waals surface area contributed by atoms with Gasteiger partial charge in [-0.25, -0.2) is 0 Å². The Morgan fingerprint density at radius 3 is 2.84 bits per heavy atom. The minimum absolute atomic E-state index is 1.04. The fraction of sp³-hybridized carbons (Fsp3) is 0.333. The molecular weight excluding hydrogens is 236 g/mol. The van der Waals surface area contributed by atoms with Crippen LogP contribution < -0.4 is 10.2 Å².